The van der Waals surface area contributed by atoms with E-state index in [0.29, 0.717) is 18.8 Å². The van der Waals surface area contributed by atoms with Gasteiger partial charge in [-0.3, -0.25) is 9.59 Å². The van der Waals surface area contributed by atoms with Crippen LogP contribution in [-0.4, -0.2) is 37.0 Å². The Morgan fingerprint density at radius 2 is 1.89 bits per heavy atom. The molecule has 0 unspecified atom stereocenters. The van der Waals surface area contributed by atoms with E-state index in [-0.39, 0.29) is 23.8 Å². The number of amides is 1. The van der Waals surface area contributed by atoms with Crippen molar-refractivity contribution >= 4 is 11.9 Å². The van der Waals surface area contributed by atoms with E-state index in [1.807, 2.05) is 7.05 Å². The molecule has 2 aliphatic rings. The lowest BCUT2D eigenvalue weighted by Crippen LogP contribution is -2.53. The molecule has 2 atom stereocenters. The van der Waals surface area contributed by atoms with Gasteiger partial charge in [-0.25, -0.2) is 0 Å². The predicted molar refractivity (Wildman–Crippen MR) is 67.9 cm³/mol. The number of likely N-dealkylation sites (tertiary alicyclic amines) is 1. The number of rotatable bonds is 2. The Balaban J connectivity index is 2.16. The monoisotopic (exact) mass is 253 g/mol. The molecule has 2 fully saturated rings. The quantitative estimate of drug-likeness (QED) is 0.707. The second-order valence-electron chi connectivity index (χ2n) is 5.56. The van der Waals surface area contributed by atoms with Crippen molar-refractivity contribution in [2.24, 2.45) is 11.8 Å². The molecule has 0 radical (unpaired) electrons. The van der Waals surface area contributed by atoms with Crippen LogP contribution in [0.15, 0.2) is 0 Å². The Hall–Kier alpha value is -1.06. The summed E-state index contributed by atoms with van der Waals surface area (Å²) in [5.74, 6) is 0.369. The molecule has 0 aromatic rings. The Morgan fingerprint density at radius 3 is 2.50 bits per heavy atom. The molecule has 4 heteroatoms. The van der Waals surface area contributed by atoms with Crippen molar-refractivity contribution in [1.29, 1.82) is 0 Å². The Kier molecular flexibility index (Phi) is 4.25. The van der Waals surface area contributed by atoms with Crippen molar-refractivity contribution in [2.75, 3.05) is 14.2 Å². The second kappa shape index (κ2) is 5.72. The van der Waals surface area contributed by atoms with Crippen LogP contribution in [0.4, 0.5) is 0 Å². The van der Waals surface area contributed by atoms with Gasteiger partial charge < -0.3 is 9.64 Å². The van der Waals surface area contributed by atoms with Crippen LogP contribution < -0.4 is 0 Å². The fourth-order valence-electron chi connectivity index (χ4n) is 3.59. The lowest BCUT2D eigenvalue weighted by Gasteiger charge is -2.43. The number of carbonyl (C=O) groups is 2. The van der Waals surface area contributed by atoms with Crippen LogP contribution >= 0.6 is 0 Å². The molecule has 0 aromatic carbocycles. The smallest absolute Gasteiger partial charge is 0.310 e. The first-order chi connectivity index (χ1) is 8.65. The highest BCUT2D eigenvalue weighted by molar-refractivity contribution is 5.81. The number of methoxy groups -OCH3 is 1. The fraction of sp³-hybridized carbons (Fsp3) is 0.857. The summed E-state index contributed by atoms with van der Waals surface area (Å²) in [7, 11) is 3.29. The second-order valence-corrected chi connectivity index (χ2v) is 5.56. The Morgan fingerprint density at radius 1 is 1.22 bits per heavy atom. The molecule has 0 N–H and O–H groups in total. The summed E-state index contributed by atoms with van der Waals surface area (Å²) < 4.78 is 4.92. The molecule has 1 aliphatic heterocycles. The van der Waals surface area contributed by atoms with Gasteiger partial charge in [0.1, 0.15) is 0 Å². The average molecular weight is 253 g/mol. The highest BCUT2D eigenvalue weighted by atomic mass is 16.5. The molecule has 4 nitrogen and oxygen atoms in total. The minimum Gasteiger partial charge on any atom is -0.469 e. The average Bonchev–Trinajstić information content (AvgIpc) is 2.41. The van der Waals surface area contributed by atoms with Gasteiger partial charge in [-0.2, -0.15) is 0 Å². The van der Waals surface area contributed by atoms with E-state index in [9.17, 15) is 9.59 Å². The van der Waals surface area contributed by atoms with Crippen LogP contribution in [-0.2, 0) is 14.3 Å². The summed E-state index contributed by atoms with van der Waals surface area (Å²) in [4.78, 5) is 25.6. The van der Waals surface area contributed by atoms with E-state index in [1.54, 1.807) is 4.90 Å². The number of nitrogens with zero attached hydrogens (tertiary/aromatic N) is 1. The summed E-state index contributed by atoms with van der Waals surface area (Å²) in [6, 6.07) is 0.0546. The molecule has 0 aromatic heterocycles. The number of esters is 1. The summed E-state index contributed by atoms with van der Waals surface area (Å²) >= 11 is 0. The predicted octanol–water partition coefficient (Wildman–Crippen LogP) is 1.98. The van der Waals surface area contributed by atoms with E-state index < -0.39 is 0 Å². The highest BCUT2D eigenvalue weighted by Crippen LogP contribution is 2.36. The van der Waals surface area contributed by atoms with E-state index in [1.165, 1.54) is 26.4 Å². The van der Waals surface area contributed by atoms with Gasteiger partial charge >= 0.3 is 5.97 Å². The van der Waals surface area contributed by atoms with E-state index in [4.69, 9.17) is 4.74 Å². The van der Waals surface area contributed by atoms with Crippen molar-refractivity contribution in [3.63, 3.8) is 0 Å². The molecule has 0 bridgehead atoms. The summed E-state index contributed by atoms with van der Waals surface area (Å²) in [5, 5.41) is 0. The van der Waals surface area contributed by atoms with Gasteiger partial charge in [0.2, 0.25) is 5.91 Å². The third-order valence-electron chi connectivity index (χ3n) is 4.56. The zero-order valence-electron chi connectivity index (χ0n) is 11.4. The molecule has 1 amide bonds. The van der Waals surface area contributed by atoms with Crippen molar-refractivity contribution in [1.82, 2.24) is 4.90 Å². The van der Waals surface area contributed by atoms with Crippen molar-refractivity contribution in [2.45, 2.75) is 51.0 Å². The van der Waals surface area contributed by atoms with E-state index >= 15 is 0 Å². The molecule has 0 spiro atoms. The van der Waals surface area contributed by atoms with Crippen molar-refractivity contribution in [3.05, 3.63) is 0 Å². The SMILES string of the molecule is COC(=O)[C@@H]1CCC(=O)N(C)[C@H]1C1CCCCC1. The Labute approximate surface area is 109 Å². The van der Waals surface area contributed by atoms with Gasteiger partial charge in [-0.15, -0.1) is 0 Å². The van der Waals surface area contributed by atoms with Gasteiger partial charge in [-0.05, 0) is 25.2 Å². The van der Waals surface area contributed by atoms with Gasteiger partial charge in [0, 0.05) is 19.5 Å². The number of hydrogen-bond donors (Lipinski definition) is 0. The molecule has 1 saturated carbocycles. The Bertz CT molecular complexity index is 323. The molecule has 2 rings (SSSR count). The lowest BCUT2D eigenvalue weighted by molar-refractivity contribution is -0.155. The van der Waals surface area contributed by atoms with Crippen LogP contribution in [0, 0.1) is 11.8 Å². The third-order valence-corrected chi connectivity index (χ3v) is 4.56. The van der Waals surface area contributed by atoms with Crippen LogP contribution in [0.25, 0.3) is 0 Å². The molecular formula is C14H23NO3. The zero-order chi connectivity index (χ0) is 13.1. The van der Waals surface area contributed by atoms with Gasteiger partial charge in [0.25, 0.3) is 0 Å². The highest BCUT2D eigenvalue weighted by Gasteiger charge is 2.42. The molecule has 1 saturated heterocycles. The first-order valence-corrected chi connectivity index (χ1v) is 6.98. The number of hydrogen-bond acceptors (Lipinski definition) is 3. The van der Waals surface area contributed by atoms with Crippen LogP contribution in [0.2, 0.25) is 0 Å². The van der Waals surface area contributed by atoms with Crippen LogP contribution in [0.1, 0.15) is 44.9 Å². The van der Waals surface area contributed by atoms with Crippen molar-refractivity contribution < 1.29 is 14.3 Å². The van der Waals surface area contributed by atoms with Crippen molar-refractivity contribution in [3.8, 4) is 0 Å². The standard InChI is InChI=1S/C14H23NO3/c1-15-12(16)9-8-11(14(17)18-2)13(15)10-6-4-3-5-7-10/h10-11,13H,3-9H2,1-2H3/t11-,13+/m1/s1. The van der Waals surface area contributed by atoms with Crippen LogP contribution in [0.5, 0.6) is 0 Å². The molecular weight excluding hydrogens is 230 g/mol. The maximum Gasteiger partial charge on any atom is 0.310 e. The van der Waals surface area contributed by atoms with Gasteiger partial charge in [0.05, 0.1) is 13.0 Å². The maximum absolute atomic E-state index is 11.9. The topological polar surface area (TPSA) is 46.6 Å². The lowest BCUT2D eigenvalue weighted by atomic mass is 9.75. The fourth-order valence-corrected chi connectivity index (χ4v) is 3.59. The third kappa shape index (κ3) is 2.52. The molecule has 1 aliphatic carbocycles. The number of carbonyl (C=O) groups excluding carboxylic acids is 2. The van der Waals surface area contributed by atoms with Gasteiger partial charge in [0.15, 0.2) is 0 Å². The zero-order valence-corrected chi connectivity index (χ0v) is 11.4. The normalized spacial score (nSPS) is 30.3. The first kappa shape index (κ1) is 13.4. The minimum atomic E-state index is -0.148. The van der Waals surface area contributed by atoms with E-state index in [0.717, 1.165) is 12.8 Å². The summed E-state index contributed by atoms with van der Waals surface area (Å²) in [6.45, 7) is 0. The minimum absolute atomic E-state index is 0.0546. The van der Waals surface area contributed by atoms with Gasteiger partial charge in [-0.1, -0.05) is 19.3 Å². The molecule has 102 valence electrons. The number of piperidine rings is 1. The largest absolute Gasteiger partial charge is 0.469 e. The number of ether oxygens (including phenoxy) is 1. The van der Waals surface area contributed by atoms with Crippen LogP contribution in [0.3, 0.4) is 0 Å². The summed E-state index contributed by atoms with van der Waals surface area (Å²) in [6.07, 6.45) is 7.11. The summed E-state index contributed by atoms with van der Waals surface area (Å²) in [5.41, 5.74) is 0. The molecule has 1 heterocycles. The first-order valence-electron chi connectivity index (χ1n) is 6.98. The van der Waals surface area contributed by atoms with E-state index in [2.05, 4.69) is 0 Å². The molecule has 18 heavy (non-hydrogen) atoms. The maximum atomic E-state index is 11.9.